The zero-order valence-corrected chi connectivity index (χ0v) is 18.0. The van der Waals surface area contributed by atoms with E-state index in [1.54, 1.807) is 11.2 Å². The second-order valence-corrected chi connectivity index (χ2v) is 8.81. The van der Waals surface area contributed by atoms with Crippen LogP contribution in [0.5, 0.6) is 0 Å². The van der Waals surface area contributed by atoms with Gasteiger partial charge in [-0.25, -0.2) is 4.39 Å². The zero-order valence-electron chi connectivity index (χ0n) is 18.0. The fourth-order valence-electron chi connectivity index (χ4n) is 5.44. The summed E-state index contributed by atoms with van der Waals surface area (Å²) < 4.78 is 13.5. The average Bonchev–Trinajstić information content (AvgIpc) is 3.33. The normalized spacial score (nSPS) is 24.7. The highest BCUT2D eigenvalue weighted by Gasteiger charge is 2.65. The van der Waals surface area contributed by atoms with Gasteiger partial charge in [-0.2, -0.15) is 5.10 Å². The number of imide groups is 1. The Balaban J connectivity index is 1.45. The molecule has 3 heterocycles. The van der Waals surface area contributed by atoms with Crippen LogP contribution in [0.3, 0.4) is 0 Å². The summed E-state index contributed by atoms with van der Waals surface area (Å²) in [6.45, 7) is 0.153. The van der Waals surface area contributed by atoms with Crippen molar-refractivity contribution in [1.29, 1.82) is 0 Å². The van der Waals surface area contributed by atoms with Crippen molar-refractivity contribution in [1.82, 2.24) is 9.91 Å². The van der Waals surface area contributed by atoms with Crippen LogP contribution in [0.4, 0.5) is 4.39 Å². The lowest BCUT2D eigenvalue weighted by Crippen LogP contribution is -2.44. The molecule has 2 fully saturated rings. The zero-order chi connectivity index (χ0) is 23.4. The third-order valence-electron chi connectivity index (χ3n) is 6.97. The van der Waals surface area contributed by atoms with Gasteiger partial charge >= 0.3 is 0 Å². The predicted octanol–water partition coefficient (Wildman–Crippen LogP) is 3.58. The summed E-state index contributed by atoms with van der Waals surface area (Å²) in [4.78, 5) is 42.3. The molecule has 3 aromatic carbocycles. The van der Waals surface area contributed by atoms with Gasteiger partial charge in [0.15, 0.2) is 5.78 Å². The molecule has 0 spiro atoms. The number of nitrogens with zero attached hydrogens (tertiary/aromatic N) is 3. The van der Waals surface area contributed by atoms with E-state index in [1.807, 2.05) is 54.6 Å². The number of hydrogen-bond donors (Lipinski definition) is 0. The van der Waals surface area contributed by atoms with Crippen molar-refractivity contribution in [3.63, 3.8) is 0 Å². The number of likely N-dealkylation sites (tertiary alicyclic amines) is 1. The number of carbonyl (C=O) groups excluding carboxylic acids is 3. The highest BCUT2D eigenvalue weighted by molar-refractivity contribution is 6.12. The first kappa shape index (κ1) is 20.5. The molecule has 0 N–H and O–H groups in total. The fourth-order valence-corrected chi connectivity index (χ4v) is 5.44. The van der Waals surface area contributed by atoms with Crippen LogP contribution in [0.25, 0.3) is 0 Å². The Morgan fingerprint density at radius 3 is 2.29 bits per heavy atom. The summed E-state index contributed by atoms with van der Waals surface area (Å²) >= 11 is 0. The van der Waals surface area contributed by atoms with Crippen molar-refractivity contribution in [3.8, 4) is 0 Å². The van der Waals surface area contributed by atoms with Crippen molar-refractivity contribution < 1.29 is 18.8 Å². The van der Waals surface area contributed by atoms with E-state index in [0.29, 0.717) is 0 Å². The number of hydrogen-bond acceptors (Lipinski definition) is 5. The van der Waals surface area contributed by atoms with Crippen LogP contribution in [0.2, 0.25) is 0 Å². The maximum Gasteiger partial charge on any atom is 0.236 e. The Kier molecular flexibility index (Phi) is 4.65. The summed E-state index contributed by atoms with van der Waals surface area (Å²) in [5.41, 5.74) is 2.84. The second kappa shape index (κ2) is 7.73. The van der Waals surface area contributed by atoms with E-state index in [0.717, 1.165) is 16.7 Å². The molecule has 4 atom stereocenters. The van der Waals surface area contributed by atoms with Gasteiger partial charge in [-0.15, -0.1) is 0 Å². The Labute approximate surface area is 195 Å². The van der Waals surface area contributed by atoms with Crippen molar-refractivity contribution >= 4 is 23.8 Å². The molecular formula is C27H20FN3O3. The Hall–Kier alpha value is -4.13. The Bertz CT molecular complexity index is 1340. The van der Waals surface area contributed by atoms with Gasteiger partial charge in [-0.1, -0.05) is 54.6 Å². The minimum absolute atomic E-state index is 0.153. The van der Waals surface area contributed by atoms with Crippen LogP contribution in [0.1, 0.15) is 33.1 Å². The summed E-state index contributed by atoms with van der Waals surface area (Å²) in [5, 5.41) is 6.14. The molecule has 3 aliphatic heterocycles. The molecule has 2 amide bonds. The molecule has 3 aromatic rings. The van der Waals surface area contributed by atoms with Gasteiger partial charge in [0.05, 0.1) is 30.6 Å². The lowest BCUT2D eigenvalue weighted by molar-refractivity contribution is -0.142. The molecule has 34 heavy (non-hydrogen) atoms. The van der Waals surface area contributed by atoms with Crippen LogP contribution in [0.15, 0.2) is 84.0 Å². The number of amides is 2. The highest BCUT2D eigenvalue weighted by atomic mass is 19.1. The Morgan fingerprint density at radius 1 is 0.853 bits per heavy atom. The van der Waals surface area contributed by atoms with Crippen molar-refractivity contribution in [2.24, 2.45) is 16.9 Å². The van der Waals surface area contributed by atoms with Crippen LogP contribution >= 0.6 is 0 Å². The standard InChI is InChI=1S/C27H20FN3O3/c28-19-12-10-17(11-13-19)25(32)24-22-21(23-20-9-5-4-8-18(20)14-29-31(23)24)26(33)30(27(22)34)15-16-6-2-1-3-7-16/h1-14,21-24H,15H2/t21-,22+,23+,24-/m0/s1. The smallest absolute Gasteiger partial charge is 0.236 e. The largest absolute Gasteiger partial charge is 0.292 e. The van der Waals surface area contributed by atoms with Gasteiger partial charge in [-0.05, 0) is 41.0 Å². The first-order chi connectivity index (χ1) is 16.5. The fraction of sp³-hybridized carbons (Fsp3) is 0.185. The van der Waals surface area contributed by atoms with Crippen LogP contribution < -0.4 is 0 Å². The second-order valence-electron chi connectivity index (χ2n) is 8.81. The molecule has 0 radical (unpaired) electrons. The van der Waals surface area contributed by atoms with E-state index in [9.17, 15) is 18.8 Å². The van der Waals surface area contributed by atoms with E-state index in [-0.39, 0.29) is 29.7 Å². The molecule has 0 bridgehead atoms. The van der Waals surface area contributed by atoms with E-state index < -0.39 is 29.7 Å². The first-order valence-corrected chi connectivity index (χ1v) is 11.1. The molecule has 6 nitrogen and oxygen atoms in total. The highest BCUT2D eigenvalue weighted by Crippen LogP contribution is 2.52. The lowest BCUT2D eigenvalue weighted by Gasteiger charge is -2.33. The molecule has 0 aliphatic carbocycles. The number of benzene rings is 3. The third-order valence-corrected chi connectivity index (χ3v) is 6.97. The quantitative estimate of drug-likeness (QED) is 0.447. The van der Waals surface area contributed by atoms with Gasteiger partial charge in [0.25, 0.3) is 0 Å². The topological polar surface area (TPSA) is 70.0 Å². The summed E-state index contributed by atoms with van der Waals surface area (Å²) in [6, 6.07) is 20.7. The van der Waals surface area contributed by atoms with Gasteiger partial charge in [0.2, 0.25) is 11.8 Å². The summed E-state index contributed by atoms with van der Waals surface area (Å²) in [6.07, 6.45) is 1.66. The minimum atomic E-state index is -0.956. The number of rotatable bonds is 4. The van der Waals surface area contributed by atoms with Crippen molar-refractivity contribution in [3.05, 3.63) is 107 Å². The molecule has 6 rings (SSSR count). The molecule has 0 unspecified atom stereocenters. The number of halogens is 1. The van der Waals surface area contributed by atoms with Crippen molar-refractivity contribution in [2.45, 2.75) is 18.6 Å². The molecule has 7 heteroatoms. The average molecular weight is 453 g/mol. The van der Waals surface area contributed by atoms with E-state index in [2.05, 4.69) is 5.10 Å². The van der Waals surface area contributed by atoms with E-state index >= 15 is 0 Å². The molecule has 3 aliphatic rings. The van der Waals surface area contributed by atoms with Crippen LogP contribution in [-0.4, -0.2) is 39.8 Å². The maximum atomic E-state index is 13.7. The van der Waals surface area contributed by atoms with Gasteiger partial charge in [0.1, 0.15) is 11.9 Å². The SMILES string of the molecule is O=C(c1ccc(F)cc1)[C@@H]1[C@@H]2C(=O)N(Cc3ccccc3)C(=O)[C@@H]2[C@H]2c3ccccc3C=NN12. The number of hydrazone groups is 1. The first-order valence-electron chi connectivity index (χ1n) is 11.1. The van der Waals surface area contributed by atoms with E-state index in [4.69, 9.17) is 0 Å². The third kappa shape index (κ3) is 3.00. The molecule has 168 valence electrons. The van der Waals surface area contributed by atoms with Crippen molar-refractivity contribution in [2.75, 3.05) is 0 Å². The number of carbonyl (C=O) groups is 3. The van der Waals surface area contributed by atoms with Crippen LogP contribution in [-0.2, 0) is 16.1 Å². The monoisotopic (exact) mass is 453 g/mol. The van der Waals surface area contributed by atoms with Crippen LogP contribution in [0, 0.1) is 17.7 Å². The van der Waals surface area contributed by atoms with Gasteiger partial charge in [0, 0.05) is 5.56 Å². The van der Waals surface area contributed by atoms with Gasteiger partial charge < -0.3 is 0 Å². The predicted molar refractivity (Wildman–Crippen MR) is 122 cm³/mol. The number of fused-ring (bicyclic) bond motifs is 5. The Morgan fingerprint density at radius 2 is 1.53 bits per heavy atom. The summed E-state index contributed by atoms with van der Waals surface area (Å²) in [5.74, 6) is -3.08. The number of ketones is 1. The molecule has 2 saturated heterocycles. The number of Topliss-reactive ketones (excluding diaryl/α,β-unsaturated/α-hetero) is 1. The molecule has 0 saturated carbocycles. The lowest BCUT2D eigenvalue weighted by atomic mass is 9.83. The molecule has 0 aromatic heterocycles. The minimum Gasteiger partial charge on any atom is -0.292 e. The van der Waals surface area contributed by atoms with E-state index in [1.165, 1.54) is 29.2 Å². The van der Waals surface area contributed by atoms with Gasteiger partial charge in [-0.3, -0.25) is 24.3 Å². The summed E-state index contributed by atoms with van der Waals surface area (Å²) in [7, 11) is 0. The maximum absolute atomic E-state index is 13.7. The molecular weight excluding hydrogens is 433 g/mol.